The van der Waals surface area contributed by atoms with Crippen LogP contribution in [-0.4, -0.2) is 4.98 Å². The van der Waals surface area contributed by atoms with E-state index in [1.807, 2.05) is 18.2 Å². The molecule has 0 aliphatic rings. The molecule has 0 fully saturated rings. The molecule has 0 amide bonds. The molecule has 0 aliphatic heterocycles. The van der Waals surface area contributed by atoms with Crippen LogP contribution in [0.15, 0.2) is 18.2 Å². The SMILES string of the molecule is NNc1cccc(I)n1. The van der Waals surface area contributed by atoms with Gasteiger partial charge in [0, 0.05) is 0 Å². The third kappa shape index (κ3) is 1.79. The normalized spacial score (nSPS) is 9.11. The average molecular weight is 235 g/mol. The lowest BCUT2D eigenvalue weighted by Crippen LogP contribution is -2.08. The Morgan fingerprint density at radius 3 is 2.78 bits per heavy atom. The third-order valence-electron chi connectivity index (χ3n) is 0.863. The molecule has 48 valence electrons. The van der Waals surface area contributed by atoms with E-state index in [0.29, 0.717) is 5.82 Å². The fourth-order valence-electron chi connectivity index (χ4n) is 0.489. The van der Waals surface area contributed by atoms with Gasteiger partial charge in [-0.1, -0.05) is 6.07 Å². The van der Waals surface area contributed by atoms with Crippen molar-refractivity contribution in [3.63, 3.8) is 0 Å². The van der Waals surface area contributed by atoms with Crippen molar-refractivity contribution in [2.45, 2.75) is 0 Å². The standard InChI is InChI=1S/C5H6IN3/c6-4-2-1-3-5(8-4)9-7/h1-3H,7H2,(H,8,9). The fraction of sp³-hybridized carbons (Fsp3) is 0. The molecule has 1 rings (SSSR count). The molecule has 0 aliphatic carbocycles. The Kier molecular flexibility index (Phi) is 2.23. The molecule has 1 aromatic rings. The summed E-state index contributed by atoms with van der Waals surface area (Å²) in [6.45, 7) is 0. The molecule has 1 aromatic heterocycles. The topological polar surface area (TPSA) is 50.9 Å². The molecule has 3 N–H and O–H groups in total. The predicted octanol–water partition coefficient (Wildman–Crippen LogP) is 0.972. The zero-order valence-corrected chi connectivity index (χ0v) is 6.79. The second kappa shape index (κ2) is 2.98. The Hall–Kier alpha value is -0.360. The summed E-state index contributed by atoms with van der Waals surface area (Å²) in [5, 5.41) is 0. The maximum atomic E-state index is 5.10. The number of nitrogens with zero attached hydrogens (tertiary/aromatic N) is 1. The highest BCUT2D eigenvalue weighted by atomic mass is 127. The Morgan fingerprint density at radius 2 is 2.33 bits per heavy atom. The highest BCUT2D eigenvalue weighted by molar-refractivity contribution is 14.1. The van der Waals surface area contributed by atoms with Gasteiger partial charge in [0.05, 0.1) is 0 Å². The van der Waals surface area contributed by atoms with Gasteiger partial charge < -0.3 is 5.43 Å². The van der Waals surface area contributed by atoms with Crippen LogP contribution in [0.1, 0.15) is 0 Å². The number of nitrogens with two attached hydrogens (primary N) is 1. The minimum atomic E-state index is 0.696. The van der Waals surface area contributed by atoms with E-state index in [1.54, 1.807) is 0 Å². The third-order valence-corrected chi connectivity index (χ3v) is 1.46. The lowest BCUT2D eigenvalue weighted by molar-refractivity contribution is 1.20. The number of aromatic nitrogens is 1. The fourth-order valence-corrected chi connectivity index (χ4v) is 0.956. The second-order valence-corrected chi connectivity index (χ2v) is 2.60. The van der Waals surface area contributed by atoms with Gasteiger partial charge in [-0.25, -0.2) is 10.8 Å². The van der Waals surface area contributed by atoms with Gasteiger partial charge in [-0.2, -0.15) is 0 Å². The number of hydrogen-bond acceptors (Lipinski definition) is 3. The molecule has 0 atom stereocenters. The first-order valence-corrected chi connectivity index (χ1v) is 3.50. The number of rotatable bonds is 1. The molecule has 0 aromatic carbocycles. The molecule has 0 saturated carbocycles. The van der Waals surface area contributed by atoms with E-state index in [4.69, 9.17) is 5.84 Å². The van der Waals surface area contributed by atoms with Gasteiger partial charge in [0.25, 0.3) is 0 Å². The van der Waals surface area contributed by atoms with Crippen molar-refractivity contribution in [2.75, 3.05) is 5.43 Å². The van der Waals surface area contributed by atoms with E-state index in [1.165, 1.54) is 0 Å². The predicted molar refractivity (Wildman–Crippen MR) is 44.8 cm³/mol. The molecule has 3 nitrogen and oxygen atoms in total. The molecule has 0 radical (unpaired) electrons. The van der Waals surface area contributed by atoms with Crippen LogP contribution in [0, 0.1) is 3.70 Å². The molecule has 9 heavy (non-hydrogen) atoms. The molecular weight excluding hydrogens is 229 g/mol. The highest BCUT2D eigenvalue weighted by Gasteiger charge is 1.88. The number of hydrazine groups is 1. The van der Waals surface area contributed by atoms with Crippen LogP contribution in [0.2, 0.25) is 0 Å². The van der Waals surface area contributed by atoms with Crippen LogP contribution < -0.4 is 11.3 Å². The van der Waals surface area contributed by atoms with Crippen LogP contribution >= 0.6 is 22.6 Å². The molecule has 4 heteroatoms. The Bertz CT molecular complexity index is 201. The van der Waals surface area contributed by atoms with Gasteiger partial charge >= 0.3 is 0 Å². The first kappa shape index (κ1) is 6.76. The number of nitrogens with one attached hydrogen (secondary N) is 1. The summed E-state index contributed by atoms with van der Waals surface area (Å²) >= 11 is 2.12. The summed E-state index contributed by atoms with van der Waals surface area (Å²) in [7, 11) is 0. The number of halogens is 1. The molecular formula is C5H6IN3. The van der Waals surface area contributed by atoms with Crippen molar-refractivity contribution in [1.29, 1.82) is 0 Å². The van der Waals surface area contributed by atoms with Gasteiger partial charge in [-0.3, -0.25) is 0 Å². The average Bonchev–Trinajstić information content (AvgIpc) is 1.88. The van der Waals surface area contributed by atoms with Crippen LogP contribution in [0.4, 0.5) is 5.82 Å². The summed E-state index contributed by atoms with van der Waals surface area (Å²) in [4.78, 5) is 4.04. The van der Waals surface area contributed by atoms with E-state index < -0.39 is 0 Å². The van der Waals surface area contributed by atoms with E-state index >= 15 is 0 Å². The van der Waals surface area contributed by atoms with E-state index in [-0.39, 0.29) is 0 Å². The van der Waals surface area contributed by atoms with E-state index in [9.17, 15) is 0 Å². The molecule has 0 spiro atoms. The van der Waals surface area contributed by atoms with Gasteiger partial charge in [0.15, 0.2) is 0 Å². The number of hydrogen-bond donors (Lipinski definition) is 2. The van der Waals surface area contributed by atoms with Crippen molar-refractivity contribution in [1.82, 2.24) is 4.98 Å². The lowest BCUT2D eigenvalue weighted by atomic mass is 10.5. The second-order valence-electron chi connectivity index (χ2n) is 1.49. The van der Waals surface area contributed by atoms with Gasteiger partial charge in [0.1, 0.15) is 9.52 Å². The molecule has 0 saturated heterocycles. The van der Waals surface area contributed by atoms with Gasteiger partial charge in [-0.05, 0) is 34.7 Å². The van der Waals surface area contributed by atoms with Crippen molar-refractivity contribution < 1.29 is 0 Å². The Labute approximate surface area is 66.8 Å². The summed E-state index contributed by atoms with van der Waals surface area (Å²) < 4.78 is 0.933. The quantitative estimate of drug-likeness (QED) is 0.330. The molecule has 1 heterocycles. The van der Waals surface area contributed by atoms with Crippen molar-refractivity contribution in [3.05, 3.63) is 21.9 Å². The lowest BCUT2D eigenvalue weighted by Gasteiger charge is -1.95. The monoisotopic (exact) mass is 235 g/mol. The largest absolute Gasteiger partial charge is 0.308 e. The highest BCUT2D eigenvalue weighted by Crippen LogP contribution is 2.04. The smallest absolute Gasteiger partial charge is 0.141 e. The maximum absolute atomic E-state index is 5.10. The summed E-state index contributed by atoms with van der Waals surface area (Å²) in [6, 6.07) is 5.60. The van der Waals surface area contributed by atoms with Crippen LogP contribution in [0.3, 0.4) is 0 Å². The van der Waals surface area contributed by atoms with Gasteiger partial charge in [0.2, 0.25) is 0 Å². The molecule has 0 bridgehead atoms. The Balaban J connectivity index is 2.94. The first-order chi connectivity index (χ1) is 4.33. The molecule has 0 unspecified atom stereocenters. The maximum Gasteiger partial charge on any atom is 0.141 e. The summed E-state index contributed by atoms with van der Waals surface area (Å²) in [6.07, 6.45) is 0. The minimum absolute atomic E-state index is 0.696. The van der Waals surface area contributed by atoms with Crippen molar-refractivity contribution in [3.8, 4) is 0 Å². The zero-order chi connectivity index (χ0) is 6.69. The van der Waals surface area contributed by atoms with Crippen LogP contribution in [0.5, 0.6) is 0 Å². The summed E-state index contributed by atoms with van der Waals surface area (Å²) in [5.41, 5.74) is 2.45. The number of anilines is 1. The minimum Gasteiger partial charge on any atom is -0.308 e. The Morgan fingerprint density at radius 1 is 1.56 bits per heavy atom. The number of pyridine rings is 1. The van der Waals surface area contributed by atoms with Crippen LogP contribution in [0.25, 0.3) is 0 Å². The summed E-state index contributed by atoms with van der Waals surface area (Å²) in [5.74, 6) is 5.80. The first-order valence-electron chi connectivity index (χ1n) is 2.42. The van der Waals surface area contributed by atoms with Gasteiger partial charge in [-0.15, -0.1) is 0 Å². The van der Waals surface area contributed by atoms with Crippen molar-refractivity contribution in [2.24, 2.45) is 5.84 Å². The number of nitrogen functional groups attached to an aromatic ring is 1. The van der Waals surface area contributed by atoms with Crippen LogP contribution in [-0.2, 0) is 0 Å². The van der Waals surface area contributed by atoms with Crippen molar-refractivity contribution >= 4 is 28.4 Å². The zero-order valence-electron chi connectivity index (χ0n) is 4.63. The van der Waals surface area contributed by atoms with E-state index in [0.717, 1.165) is 3.70 Å². The van der Waals surface area contributed by atoms with E-state index in [2.05, 4.69) is 33.0 Å².